The molecular formula is C28H27F2N5OS. The number of allylic oxidation sites excluding steroid dienone is 2. The number of hydrogen-bond acceptors (Lipinski definition) is 7. The fraction of sp³-hybridized carbons (Fsp3) is 0.393. The normalized spacial score (nSPS) is 21.2. The molecule has 7 rings (SSSR count). The fourth-order valence-corrected chi connectivity index (χ4v) is 6.90. The summed E-state index contributed by atoms with van der Waals surface area (Å²) in [5.41, 5.74) is 10.1. The van der Waals surface area contributed by atoms with Crippen molar-refractivity contribution in [2.45, 2.75) is 59.3 Å². The third-order valence-electron chi connectivity index (χ3n) is 8.03. The molecule has 1 saturated carbocycles. The minimum absolute atomic E-state index is 0.159. The van der Waals surface area contributed by atoms with Gasteiger partial charge < -0.3 is 15.4 Å². The first-order chi connectivity index (χ1) is 17.9. The van der Waals surface area contributed by atoms with Crippen LogP contribution in [0.5, 0.6) is 0 Å². The van der Waals surface area contributed by atoms with Gasteiger partial charge in [-0.25, -0.2) is 18.7 Å². The van der Waals surface area contributed by atoms with Gasteiger partial charge in [0.1, 0.15) is 22.4 Å². The minimum atomic E-state index is -0.502. The third-order valence-corrected chi connectivity index (χ3v) is 9.05. The molecule has 0 radical (unpaired) electrons. The number of thiophene rings is 1. The molecule has 5 heterocycles. The number of rotatable bonds is 5. The molecule has 37 heavy (non-hydrogen) atoms. The third kappa shape index (κ3) is 3.50. The highest BCUT2D eigenvalue weighted by Crippen LogP contribution is 2.48. The summed E-state index contributed by atoms with van der Waals surface area (Å²) in [6.45, 7) is 6.83. The average Bonchev–Trinajstić information content (AvgIpc) is 3.67. The molecule has 3 aliphatic heterocycles. The molecule has 0 amide bonds. The molecule has 4 aliphatic rings. The lowest BCUT2D eigenvalue weighted by molar-refractivity contribution is 0.134. The lowest BCUT2D eigenvalue weighted by Gasteiger charge is -2.26. The van der Waals surface area contributed by atoms with E-state index in [0.29, 0.717) is 58.6 Å². The summed E-state index contributed by atoms with van der Waals surface area (Å²) >= 11 is 1.01. The SMILES string of the molecule is C/C=C(/F)c1sc(N)c(C#N)c1/C(=C(\C)CC)c1c2c(c3cnc(N4CC5CC4C5)nc3c1F)COC2. The average molecular weight is 520 g/mol. The number of benzene rings is 1. The van der Waals surface area contributed by atoms with Gasteiger partial charge in [0.05, 0.1) is 23.7 Å². The fourth-order valence-electron chi connectivity index (χ4n) is 5.91. The Morgan fingerprint density at radius 3 is 2.73 bits per heavy atom. The standard InChI is InChI=1S/C28H27F2N5OS/c1-4-13(3)21(23-16(8-31)27(32)37-26(23)20(29)5-2)22-19-12-36-11-18(19)17-9-33-28(34-25(17)24(22)30)35-10-14-6-15(35)7-14/h5,9,14-15H,4,6-7,10-12,32H2,1-3H3/b20-5+,21-13+. The number of ether oxygens (including phenoxy) is 1. The van der Waals surface area contributed by atoms with E-state index in [2.05, 4.69) is 16.0 Å². The van der Waals surface area contributed by atoms with Gasteiger partial charge in [0.15, 0.2) is 5.82 Å². The number of nitrogens with two attached hydrogens (primary N) is 1. The zero-order valence-electron chi connectivity index (χ0n) is 21.0. The van der Waals surface area contributed by atoms with Gasteiger partial charge in [-0.05, 0) is 55.7 Å². The predicted molar refractivity (Wildman–Crippen MR) is 142 cm³/mol. The molecule has 2 bridgehead atoms. The highest BCUT2D eigenvalue weighted by Gasteiger charge is 2.44. The summed E-state index contributed by atoms with van der Waals surface area (Å²) in [5.74, 6) is 0.199. The second-order valence-corrected chi connectivity index (χ2v) is 11.1. The number of nitrogen functional groups attached to an aromatic ring is 1. The van der Waals surface area contributed by atoms with Gasteiger partial charge in [-0.3, -0.25) is 0 Å². The van der Waals surface area contributed by atoms with E-state index >= 15 is 8.78 Å². The molecule has 3 aromatic rings. The van der Waals surface area contributed by atoms with Crippen LogP contribution in [0.2, 0.25) is 0 Å². The molecule has 2 aromatic heterocycles. The first-order valence-electron chi connectivity index (χ1n) is 12.6. The monoisotopic (exact) mass is 519 g/mol. The van der Waals surface area contributed by atoms with Crippen molar-refractivity contribution in [3.63, 3.8) is 0 Å². The van der Waals surface area contributed by atoms with E-state index in [-0.39, 0.29) is 27.6 Å². The summed E-state index contributed by atoms with van der Waals surface area (Å²) in [6, 6.07) is 2.56. The van der Waals surface area contributed by atoms with Crippen LogP contribution in [0, 0.1) is 23.1 Å². The van der Waals surface area contributed by atoms with Gasteiger partial charge in [0, 0.05) is 35.3 Å². The molecule has 3 fully saturated rings. The summed E-state index contributed by atoms with van der Waals surface area (Å²) in [4.78, 5) is 11.8. The molecule has 9 heteroatoms. The van der Waals surface area contributed by atoms with Crippen molar-refractivity contribution in [3.8, 4) is 6.07 Å². The van der Waals surface area contributed by atoms with Crippen LogP contribution in [0.15, 0.2) is 17.8 Å². The lowest BCUT2D eigenvalue weighted by Crippen LogP contribution is -2.29. The molecular weight excluding hydrogens is 492 g/mol. The van der Waals surface area contributed by atoms with Crippen LogP contribution < -0.4 is 10.6 Å². The van der Waals surface area contributed by atoms with Crippen molar-refractivity contribution in [1.29, 1.82) is 5.26 Å². The maximum atomic E-state index is 16.8. The van der Waals surface area contributed by atoms with Crippen molar-refractivity contribution < 1.29 is 13.5 Å². The number of halogens is 2. The largest absolute Gasteiger partial charge is 0.389 e. The summed E-state index contributed by atoms with van der Waals surface area (Å²) in [7, 11) is 0. The Bertz CT molecular complexity index is 1560. The van der Waals surface area contributed by atoms with Crippen molar-refractivity contribution in [2.75, 3.05) is 17.2 Å². The van der Waals surface area contributed by atoms with Crippen LogP contribution >= 0.6 is 11.3 Å². The van der Waals surface area contributed by atoms with Gasteiger partial charge >= 0.3 is 0 Å². The van der Waals surface area contributed by atoms with Gasteiger partial charge in [-0.15, -0.1) is 11.3 Å². The first kappa shape index (κ1) is 24.0. The van der Waals surface area contributed by atoms with Crippen LogP contribution in [-0.2, 0) is 18.0 Å². The molecule has 0 atom stereocenters. The first-order valence-corrected chi connectivity index (χ1v) is 13.4. The maximum Gasteiger partial charge on any atom is 0.226 e. The van der Waals surface area contributed by atoms with E-state index in [9.17, 15) is 5.26 Å². The van der Waals surface area contributed by atoms with E-state index in [0.717, 1.165) is 41.9 Å². The smallest absolute Gasteiger partial charge is 0.226 e. The molecule has 1 aromatic carbocycles. The topological polar surface area (TPSA) is 88.1 Å². The van der Waals surface area contributed by atoms with Gasteiger partial charge in [0.2, 0.25) is 5.95 Å². The number of aromatic nitrogens is 2. The molecule has 6 nitrogen and oxygen atoms in total. The van der Waals surface area contributed by atoms with Crippen molar-refractivity contribution in [3.05, 3.63) is 56.4 Å². The second-order valence-electron chi connectivity index (χ2n) is 10.0. The van der Waals surface area contributed by atoms with E-state index in [1.54, 1.807) is 13.1 Å². The van der Waals surface area contributed by atoms with Crippen molar-refractivity contribution in [2.24, 2.45) is 5.92 Å². The van der Waals surface area contributed by atoms with E-state index in [1.165, 1.54) is 6.08 Å². The van der Waals surface area contributed by atoms with Crippen LogP contribution in [0.3, 0.4) is 0 Å². The molecule has 2 N–H and O–H groups in total. The maximum absolute atomic E-state index is 16.8. The zero-order chi connectivity index (χ0) is 26.0. The second kappa shape index (κ2) is 8.89. The molecule has 190 valence electrons. The van der Waals surface area contributed by atoms with Crippen molar-refractivity contribution in [1.82, 2.24) is 9.97 Å². The van der Waals surface area contributed by atoms with Crippen LogP contribution in [0.25, 0.3) is 22.3 Å². The minimum Gasteiger partial charge on any atom is -0.389 e. The van der Waals surface area contributed by atoms with Crippen LogP contribution in [-0.4, -0.2) is 22.6 Å². The Morgan fingerprint density at radius 1 is 1.32 bits per heavy atom. The lowest BCUT2D eigenvalue weighted by atomic mass is 9.85. The van der Waals surface area contributed by atoms with Gasteiger partial charge in [-0.2, -0.15) is 5.26 Å². The van der Waals surface area contributed by atoms with Crippen molar-refractivity contribution >= 4 is 44.6 Å². The number of fused-ring (bicyclic) bond motifs is 4. The van der Waals surface area contributed by atoms with Gasteiger partial charge in [-0.1, -0.05) is 18.6 Å². The predicted octanol–water partition coefficient (Wildman–Crippen LogP) is 6.48. The Labute approximate surface area is 218 Å². The Hall–Kier alpha value is -3.35. The number of nitrogens with zero attached hydrogens (tertiary/aromatic N) is 4. The van der Waals surface area contributed by atoms with E-state index < -0.39 is 11.6 Å². The Balaban J connectivity index is 1.66. The summed E-state index contributed by atoms with van der Waals surface area (Å²) < 4.78 is 37.7. The quantitative estimate of drug-likeness (QED) is 0.415. The van der Waals surface area contributed by atoms with Gasteiger partial charge in [0.25, 0.3) is 0 Å². The van der Waals surface area contributed by atoms with Crippen LogP contribution in [0.4, 0.5) is 19.7 Å². The number of hydrogen-bond donors (Lipinski definition) is 1. The Kier molecular flexibility index (Phi) is 5.77. The zero-order valence-corrected chi connectivity index (χ0v) is 21.8. The van der Waals surface area contributed by atoms with Crippen LogP contribution in [0.1, 0.15) is 72.7 Å². The highest BCUT2D eigenvalue weighted by atomic mass is 32.1. The summed E-state index contributed by atoms with van der Waals surface area (Å²) in [5, 5.41) is 10.8. The molecule has 0 spiro atoms. The number of anilines is 2. The van der Waals surface area contributed by atoms with E-state index in [1.807, 2.05) is 13.8 Å². The number of nitriles is 1. The molecule has 2 saturated heterocycles. The summed E-state index contributed by atoms with van der Waals surface area (Å²) in [6.07, 6.45) is 5.88. The molecule has 1 aliphatic carbocycles. The Morgan fingerprint density at radius 2 is 2.08 bits per heavy atom. The van der Waals surface area contributed by atoms with E-state index in [4.69, 9.17) is 15.5 Å². The highest BCUT2D eigenvalue weighted by molar-refractivity contribution is 7.17. The molecule has 0 unspecified atom stereocenters.